The zero-order valence-corrected chi connectivity index (χ0v) is 35.7. The number of fused-ring (bicyclic) bond motifs is 5. The molecule has 302 valence electrons. The molecule has 1 aliphatic carbocycles. The number of nitrogens with zero attached hydrogens (tertiary/aromatic N) is 1. The summed E-state index contributed by atoms with van der Waals surface area (Å²) in [5.74, 6) is 0. The SMILES string of the molecule is CC1(N(c2ccc(-c3c4ccccc4c(-c4ccccc4)c4ccccc34)cc2)c2cccc3ccccc23)C=CC(c2c3ccccc3c(-c3ccccc3)c3ccccc23)=CC1. The number of hydrogen-bond acceptors (Lipinski definition) is 1. The Morgan fingerprint density at radius 3 is 1.16 bits per heavy atom. The molecule has 0 bridgehead atoms. The van der Waals surface area contributed by atoms with Crippen LogP contribution < -0.4 is 4.90 Å². The van der Waals surface area contributed by atoms with Gasteiger partial charge in [-0.1, -0.05) is 224 Å². The molecule has 1 aliphatic rings. The standard InChI is InChI=1S/C63H45N/c1-63(41-39-47(40-42-63)62-56-32-16-12-28-52(56)60(45-22-6-3-7-23-45)53-29-13-17-33-57(53)62)64(58-34-18-24-43-19-8-9-25-49(43)58)48-37-35-46(36-38-48)61-54-30-14-10-26-50(54)59(44-20-4-2-5-21-44)51-27-11-15-31-55(51)61/h2-41H,42H2,1H3. The van der Waals surface area contributed by atoms with Crippen LogP contribution in [0.2, 0.25) is 0 Å². The number of benzene rings is 11. The van der Waals surface area contributed by atoms with Gasteiger partial charge in [0.1, 0.15) is 0 Å². The summed E-state index contributed by atoms with van der Waals surface area (Å²) < 4.78 is 0. The van der Waals surface area contributed by atoms with Crippen molar-refractivity contribution in [2.24, 2.45) is 0 Å². The van der Waals surface area contributed by atoms with Gasteiger partial charge in [-0.15, -0.1) is 0 Å². The van der Waals surface area contributed by atoms with E-state index in [9.17, 15) is 0 Å². The molecule has 0 N–H and O–H groups in total. The minimum absolute atomic E-state index is 0.374. The maximum atomic E-state index is 2.58. The third-order valence-corrected chi connectivity index (χ3v) is 13.6. The quantitative estimate of drug-likeness (QED) is 0.145. The molecule has 0 spiro atoms. The zero-order valence-electron chi connectivity index (χ0n) is 35.7. The fourth-order valence-electron chi connectivity index (χ4n) is 10.7. The molecule has 1 heteroatoms. The predicted molar refractivity (Wildman–Crippen MR) is 275 cm³/mol. The van der Waals surface area contributed by atoms with Crippen LogP contribution in [0.15, 0.2) is 243 Å². The van der Waals surface area contributed by atoms with Gasteiger partial charge < -0.3 is 4.90 Å². The van der Waals surface area contributed by atoms with Gasteiger partial charge in [0, 0.05) is 16.8 Å². The van der Waals surface area contributed by atoms with Crippen molar-refractivity contribution < 1.29 is 0 Å². The number of anilines is 2. The maximum Gasteiger partial charge on any atom is 0.0643 e. The van der Waals surface area contributed by atoms with Crippen LogP contribution in [0, 0.1) is 0 Å². The average molecular weight is 816 g/mol. The van der Waals surface area contributed by atoms with Crippen LogP contribution in [-0.2, 0) is 0 Å². The summed E-state index contributed by atoms with van der Waals surface area (Å²) >= 11 is 0. The molecule has 0 amide bonds. The van der Waals surface area contributed by atoms with Crippen LogP contribution in [0.25, 0.3) is 92.8 Å². The van der Waals surface area contributed by atoms with E-state index >= 15 is 0 Å². The van der Waals surface area contributed by atoms with Gasteiger partial charge in [0.05, 0.1) is 5.54 Å². The molecule has 0 heterocycles. The molecule has 1 unspecified atom stereocenters. The minimum Gasteiger partial charge on any atom is -0.331 e. The highest BCUT2D eigenvalue weighted by Crippen LogP contribution is 2.48. The molecule has 0 radical (unpaired) electrons. The summed E-state index contributed by atoms with van der Waals surface area (Å²) in [5, 5.41) is 12.6. The van der Waals surface area contributed by atoms with Crippen molar-refractivity contribution in [1.29, 1.82) is 0 Å². The van der Waals surface area contributed by atoms with E-state index in [4.69, 9.17) is 0 Å². The average Bonchev–Trinajstić information content (AvgIpc) is 3.36. The fourth-order valence-corrected chi connectivity index (χ4v) is 10.7. The van der Waals surface area contributed by atoms with Gasteiger partial charge in [0.25, 0.3) is 0 Å². The third kappa shape index (κ3) is 6.15. The van der Waals surface area contributed by atoms with Gasteiger partial charge in [0.15, 0.2) is 0 Å². The predicted octanol–water partition coefficient (Wildman–Crippen LogP) is 17.4. The molecule has 0 saturated heterocycles. The van der Waals surface area contributed by atoms with Crippen LogP contribution >= 0.6 is 0 Å². The van der Waals surface area contributed by atoms with Gasteiger partial charge >= 0.3 is 0 Å². The minimum atomic E-state index is -0.374. The molecule has 1 nitrogen and oxygen atoms in total. The van der Waals surface area contributed by atoms with E-state index in [1.165, 1.54) is 104 Å². The van der Waals surface area contributed by atoms with Gasteiger partial charge in [0.2, 0.25) is 0 Å². The van der Waals surface area contributed by atoms with E-state index < -0.39 is 0 Å². The van der Waals surface area contributed by atoms with E-state index in [1.807, 2.05) is 0 Å². The number of rotatable bonds is 7. The zero-order chi connectivity index (χ0) is 42.6. The van der Waals surface area contributed by atoms with Crippen LogP contribution in [0.4, 0.5) is 11.4 Å². The van der Waals surface area contributed by atoms with E-state index in [1.54, 1.807) is 0 Å². The van der Waals surface area contributed by atoms with Crippen molar-refractivity contribution in [3.63, 3.8) is 0 Å². The van der Waals surface area contributed by atoms with Crippen molar-refractivity contribution in [3.05, 3.63) is 248 Å². The lowest BCUT2D eigenvalue weighted by Gasteiger charge is -2.43. The van der Waals surface area contributed by atoms with Crippen molar-refractivity contribution in [2.75, 3.05) is 4.90 Å². The second-order valence-electron chi connectivity index (χ2n) is 17.3. The molecule has 0 aliphatic heterocycles. The lowest BCUT2D eigenvalue weighted by Crippen LogP contribution is -2.42. The summed E-state index contributed by atoms with van der Waals surface area (Å²) in [6.45, 7) is 2.39. The molecule has 11 aromatic carbocycles. The summed E-state index contributed by atoms with van der Waals surface area (Å²) in [6.07, 6.45) is 8.15. The van der Waals surface area contributed by atoms with E-state index in [0.29, 0.717) is 0 Å². The monoisotopic (exact) mass is 815 g/mol. The van der Waals surface area contributed by atoms with Crippen molar-refractivity contribution in [3.8, 4) is 33.4 Å². The molecule has 0 fully saturated rings. The molecular weight excluding hydrogens is 771 g/mol. The van der Waals surface area contributed by atoms with Crippen LogP contribution in [-0.4, -0.2) is 5.54 Å². The Bertz CT molecular complexity index is 3520. The van der Waals surface area contributed by atoms with E-state index in [-0.39, 0.29) is 5.54 Å². The van der Waals surface area contributed by atoms with Crippen molar-refractivity contribution >= 4 is 70.8 Å². The molecule has 0 saturated carbocycles. The summed E-state index contributed by atoms with van der Waals surface area (Å²) in [7, 11) is 0. The first kappa shape index (κ1) is 37.7. The van der Waals surface area contributed by atoms with Gasteiger partial charge in [-0.25, -0.2) is 0 Å². The first-order valence-electron chi connectivity index (χ1n) is 22.4. The largest absolute Gasteiger partial charge is 0.331 e. The summed E-state index contributed by atoms with van der Waals surface area (Å²) in [6, 6.07) is 82.3. The highest BCUT2D eigenvalue weighted by Gasteiger charge is 2.34. The lowest BCUT2D eigenvalue weighted by molar-refractivity contribution is 0.573. The topological polar surface area (TPSA) is 3.24 Å². The van der Waals surface area contributed by atoms with Gasteiger partial charge in [-0.2, -0.15) is 0 Å². The Morgan fingerprint density at radius 1 is 0.344 bits per heavy atom. The Morgan fingerprint density at radius 2 is 0.719 bits per heavy atom. The molecular formula is C63H45N. The van der Waals surface area contributed by atoms with Crippen LogP contribution in [0.1, 0.15) is 18.9 Å². The molecule has 12 rings (SSSR count). The summed E-state index contributed by atoms with van der Waals surface area (Å²) in [4.78, 5) is 2.58. The first-order chi connectivity index (χ1) is 31.6. The summed E-state index contributed by atoms with van der Waals surface area (Å²) in [5.41, 5.74) is 12.1. The highest BCUT2D eigenvalue weighted by atomic mass is 15.2. The Kier molecular flexibility index (Phi) is 9.09. The first-order valence-corrected chi connectivity index (χ1v) is 22.4. The maximum absolute atomic E-state index is 2.58. The normalized spacial score (nSPS) is 15.0. The highest BCUT2D eigenvalue weighted by molar-refractivity contribution is 6.22. The lowest BCUT2D eigenvalue weighted by atomic mass is 9.81. The van der Waals surface area contributed by atoms with Crippen LogP contribution in [0.5, 0.6) is 0 Å². The Balaban J connectivity index is 1.00. The second-order valence-corrected chi connectivity index (χ2v) is 17.3. The van der Waals surface area contributed by atoms with Crippen molar-refractivity contribution in [2.45, 2.75) is 18.9 Å². The van der Waals surface area contributed by atoms with Crippen molar-refractivity contribution in [1.82, 2.24) is 0 Å². The number of hydrogen-bond donors (Lipinski definition) is 0. The Hall–Kier alpha value is -8.00. The molecule has 64 heavy (non-hydrogen) atoms. The molecule has 11 aromatic rings. The second kappa shape index (κ2) is 15.4. The molecule has 0 aromatic heterocycles. The van der Waals surface area contributed by atoms with E-state index in [0.717, 1.165) is 12.1 Å². The third-order valence-electron chi connectivity index (χ3n) is 13.6. The Labute approximate surface area is 374 Å². The van der Waals surface area contributed by atoms with E-state index in [2.05, 4.69) is 255 Å². The molecule has 1 atom stereocenters. The smallest absolute Gasteiger partial charge is 0.0643 e. The fraction of sp³-hybridized carbons (Fsp3) is 0.0476. The van der Waals surface area contributed by atoms with Gasteiger partial charge in [-0.3, -0.25) is 0 Å². The number of allylic oxidation sites excluding steroid dienone is 2. The van der Waals surface area contributed by atoms with Crippen LogP contribution in [0.3, 0.4) is 0 Å². The van der Waals surface area contributed by atoms with Gasteiger partial charge in [-0.05, 0) is 125 Å².